The molecule has 0 fully saturated rings. The summed E-state index contributed by atoms with van der Waals surface area (Å²) < 4.78 is 1.15. The lowest BCUT2D eigenvalue weighted by Crippen LogP contribution is -2.05. The van der Waals surface area contributed by atoms with Gasteiger partial charge in [0, 0.05) is 27.4 Å². The highest BCUT2D eigenvalue weighted by Crippen LogP contribution is 2.31. The number of rotatable bonds is 3. The van der Waals surface area contributed by atoms with Crippen LogP contribution in [0.1, 0.15) is 17.8 Å². The van der Waals surface area contributed by atoms with E-state index in [9.17, 15) is 0 Å². The monoisotopic (exact) mass is 333 g/mol. The van der Waals surface area contributed by atoms with E-state index in [1.807, 2.05) is 18.2 Å². The van der Waals surface area contributed by atoms with Crippen molar-refractivity contribution < 1.29 is 0 Å². The largest absolute Gasteiger partial charge is 0.378 e. The van der Waals surface area contributed by atoms with Gasteiger partial charge in [-0.05, 0) is 52.5 Å². The van der Waals surface area contributed by atoms with Gasteiger partial charge in [0.15, 0.2) is 0 Å². The average molecular weight is 334 g/mol. The molecule has 0 aliphatic carbocycles. The Kier molecular flexibility index (Phi) is 3.48. The van der Waals surface area contributed by atoms with Crippen molar-refractivity contribution in [3.8, 4) is 0 Å². The van der Waals surface area contributed by atoms with E-state index >= 15 is 0 Å². The van der Waals surface area contributed by atoms with E-state index in [0.717, 1.165) is 21.2 Å². The molecule has 0 radical (unpaired) electrons. The topological polar surface area (TPSA) is 37.8 Å². The van der Waals surface area contributed by atoms with E-state index in [4.69, 9.17) is 0 Å². The van der Waals surface area contributed by atoms with Gasteiger partial charge in [-0.2, -0.15) is 0 Å². The molecule has 2 aromatic heterocycles. The van der Waals surface area contributed by atoms with Gasteiger partial charge in [-0.3, -0.25) is 9.97 Å². The molecule has 19 heavy (non-hydrogen) atoms. The van der Waals surface area contributed by atoms with Crippen molar-refractivity contribution >= 4 is 44.0 Å². The molecule has 1 atom stereocenters. The number of benzene rings is 1. The summed E-state index contributed by atoms with van der Waals surface area (Å²) in [6.07, 6.45) is 3.42. The summed E-state index contributed by atoms with van der Waals surface area (Å²) in [6, 6.07) is 8.38. The smallest absolute Gasteiger partial charge is 0.0907 e. The highest BCUT2D eigenvalue weighted by Gasteiger charge is 2.10. The van der Waals surface area contributed by atoms with Crippen molar-refractivity contribution in [3.05, 3.63) is 51.4 Å². The lowest BCUT2D eigenvalue weighted by atomic mass is 10.2. The Morgan fingerprint density at radius 2 is 1.95 bits per heavy atom. The van der Waals surface area contributed by atoms with Crippen LogP contribution in [0.15, 0.2) is 46.5 Å². The van der Waals surface area contributed by atoms with E-state index in [1.54, 1.807) is 23.7 Å². The molecule has 0 spiro atoms. The Balaban J connectivity index is 1.87. The number of anilines is 1. The van der Waals surface area contributed by atoms with Crippen LogP contribution < -0.4 is 5.32 Å². The Bertz CT molecular complexity index is 710. The van der Waals surface area contributed by atoms with Crippen LogP contribution in [-0.4, -0.2) is 9.97 Å². The minimum atomic E-state index is 0.253. The SMILES string of the molecule is CC(Nc1ccc2nccnc2c1)c1sccc1Br. The van der Waals surface area contributed by atoms with E-state index in [2.05, 4.69) is 49.6 Å². The van der Waals surface area contributed by atoms with Gasteiger partial charge < -0.3 is 5.32 Å². The summed E-state index contributed by atoms with van der Waals surface area (Å²) in [4.78, 5) is 9.88. The van der Waals surface area contributed by atoms with Crippen LogP contribution in [0.5, 0.6) is 0 Å². The van der Waals surface area contributed by atoms with Gasteiger partial charge in [0.2, 0.25) is 0 Å². The Morgan fingerprint density at radius 1 is 1.16 bits per heavy atom. The fourth-order valence-electron chi connectivity index (χ4n) is 1.98. The standard InChI is InChI=1S/C14H12BrN3S/c1-9(14-11(15)4-7-19-14)18-10-2-3-12-13(8-10)17-6-5-16-12/h2-9,18H,1H3. The van der Waals surface area contributed by atoms with Crippen molar-refractivity contribution in [2.75, 3.05) is 5.32 Å². The van der Waals surface area contributed by atoms with Gasteiger partial charge in [-0.25, -0.2) is 0 Å². The third-order valence-electron chi connectivity index (χ3n) is 2.89. The number of hydrogen-bond donors (Lipinski definition) is 1. The maximum absolute atomic E-state index is 4.32. The maximum Gasteiger partial charge on any atom is 0.0907 e. The van der Waals surface area contributed by atoms with Crippen molar-refractivity contribution in [2.45, 2.75) is 13.0 Å². The van der Waals surface area contributed by atoms with Crippen LogP contribution in [-0.2, 0) is 0 Å². The first kappa shape index (κ1) is 12.6. The van der Waals surface area contributed by atoms with E-state index in [1.165, 1.54) is 4.88 Å². The molecule has 96 valence electrons. The first-order valence-electron chi connectivity index (χ1n) is 5.94. The van der Waals surface area contributed by atoms with Gasteiger partial charge in [-0.1, -0.05) is 0 Å². The first-order chi connectivity index (χ1) is 9.24. The Morgan fingerprint density at radius 3 is 2.68 bits per heavy atom. The average Bonchev–Trinajstić information content (AvgIpc) is 2.85. The molecule has 3 aromatic rings. The maximum atomic E-state index is 4.32. The van der Waals surface area contributed by atoms with Crippen molar-refractivity contribution in [1.82, 2.24) is 9.97 Å². The molecule has 0 saturated heterocycles. The fraction of sp³-hybridized carbons (Fsp3) is 0.143. The van der Waals surface area contributed by atoms with Gasteiger partial charge in [0.25, 0.3) is 0 Å². The molecular weight excluding hydrogens is 322 g/mol. The van der Waals surface area contributed by atoms with Gasteiger partial charge in [0.1, 0.15) is 0 Å². The van der Waals surface area contributed by atoms with E-state index < -0.39 is 0 Å². The second-order valence-corrected chi connectivity index (χ2v) is 6.06. The van der Waals surface area contributed by atoms with Crippen LogP contribution in [0.3, 0.4) is 0 Å². The third-order valence-corrected chi connectivity index (χ3v) is 4.94. The van der Waals surface area contributed by atoms with E-state index in [0.29, 0.717) is 0 Å². The van der Waals surface area contributed by atoms with Crippen LogP contribution in [0, 0.1) is 0 Å². The molecule has 1 N–H and O–H groups in total. The molecule has 0 aliphatic rings. The zero-order valence-electron chi connectivity index (χ0n) is 10.3. The second kappa shape index (κ2) is 5.27. The molecule has 2 heterocycles. The molecule has 0 amide bonds. The van der Waals surface area contributed by atoms with Gasteiger partial charge in [-0.15, -0.1) is 11.3 Å². The Hall–Kier alpha value is -1.46. The number of nitrogens with one attached hydrogen (secondary N) is 1. The van der Waals surface area contributed by atoms with Crippen LogP contribution in [0.4, 0.5) is 5.69 Å². The third kappa shape index (κ3) is 2.62. The number of fused-ring (bicyclic) bond motifs is 1. The molecule has 0 bridgehead atoms. The fourth-order valence-corrected chi connectivity index (χ4v) is 3.71. The minimum absolute atomic E-state index is 0.253. The molecule has 3 rings (SSSR count). The molecule has 1 aromatic carbocycles. The summed E-state index contributed by atoms with van der Waals surface area (Å²) in [7, 11) is 0. The molecule has 1 unspecified atom stereocenters. The summed E-state index contributed by atoms with van der Waals surface area (Å²) >= 11 is 5.31. The first-order valence-corrected chi connectivity index (χ1v) is 7.61. The summed E-state index contributed by atoms with van der Waals surface area (Å²) in [5.74, 6) is 0. The van der Waals surface area contributed by atoms with Crippen molar-refractivity contribution in [3.63, 3.8) is 0 Å². The minimum Gasteiger partial charge on any atom is -0.378 e. The number of aromatic nitrogens is 2. The summed E-state index contributed by atoms with van der Waals surface area (Å²) in [5.41, 5.74) is 2.88. The zero-order chi connectivity index (χ0) is 13.2. The highest BCUT2D eigenvalue weighted by atomic mass is 79.9. The summed E-state index contributed by atoms with van der Waals surface area (Å²) in [5, 5.41) is 5.58. The predicted octanol–water partition coefficient (Wildman–Crippen LogP) is 4.63. The number of hydrogen-bond acceptors (Lipinski definition) is 4. The lowest BCUT2D eigenvalue weighted by Gasteiger charge is -2.14. The molecular formula is C14H12BrN3S. The number of halogens is 1. The van der Waals surface area contributed by atoms with Gasteiger partial charge in [0.05, 0.1) is 17.1 Å². The second-order valence-electron chi connectivity index (χ2n) is 4.26. The van der Waals surface area contributed by atoms with E-state index in [-0.39, 0.29) is 6.04 Å². The molecule has 3 nitrogen and oxygen atoms in total. The number of thiophene rings is 1. The quantitative estimate of drug-likeness (QED) is 0.759. The van der Waals surface area contributed by atoms with Crippen molar-refractivity contribution in [2.24, 2.45) is 0 Å². The van der Waals surface area contributed by atoms with Crippen molar-refractivity contribution in [1.29, 1.82) is 0 Å². The molecule has 5 heteroatoms. The normalized spacial score (nSPS) is 12.5. The predicted molar refractivity (Wildman–Crippen MR) is 83.6 cm³/mol. The van der Waals surface area contributed by atoms with Crippen LogP contribution in [0.2, 0.25) is 0 Å². The molecule has 0 saturated carbocycles. The summed E-state index contributed by atoms with van der Waals surface area (Å²) in [6.45, 7) is 2.15. The Labute approximate surface area is 123 Å². The molecule has 0 aliphatic heterocycles. The lowest BCUT2D eigenvalue weighted by molar-refractivity contribution is 0.903. The van der Waals surface area contributed by atoms with Gasteiger partial charge >= 0.3 is 0 Å². The van der Waals surface area contributed by atoms with Crippen LogP contribution in [0.25, 0.3) is 11.0 Å². The number of nitrogens with zero attached hydrogens (tertiary/aromatic N) is 2. The highest BCUT2D eigenvalue weighted by molar-refractivity contribution is 9.10. The van der Waals surface area contributed by atoms with Crippen LogP contribution >= 0.6 is 27.3 Å². The zero-order valence-corrected chi connectivity index (χ0v) is 12.7.